The maximum Gasteiger partial charge on any atom is 0.251 e. The van der Waals surface area contributed by atoms with Gasteiger partial charge in [0.25, 0.3) is 5.91 Å². The Morgan fingerprint density at radius 2 is 1.74 bits per heavy atom. The Hall–Kier alpha value is -2.82. The van der Waals surface area contributed by atoms with E-state index >= 15 is 0 Å². The monoisotopic (exact) mass is 312 g/mol. The molecule has 1 amide bonds. The molecule has 0 radical (unpaired) electrons. The van der Waals surface area contributed by atoms with Crippen molar-refractivity contribution < 1.29 is 19.4 Å². The summed E-state index contributed by atoms with van der Waals surface area (Å²) in [5, 5.41) is 13.8. The second kappa shape index (κ2) is 7.98. The van der Waals surface area contributed by atoms with Crippen LogP contribution in [0, 0.1) is 0 Å². The van der Waals surface area contributed by atoms with Crippen LogP contribution in [0.2, 0.25) is 0 Å². The molecular weight excluding hydrogens is 294 g/mol. The molecule has 0 saturated heterocycles. The topological polar surface area (TPSA) is 78.5 Å². The van der Waals surface area contributed by atoms with E-state index in [0.717, 1.165) is 5.56 Å². The van der Waals surface area contributed by atoms with Gasteiger partial charge in [0, 0.05) is 5.56 Å². The van der Waals surface area contributed by atoms with Crippen molar-refractivity contribution in [3.8, 4) is 5.75 Å². The molecule has 5 heteroatoms. The molecular formula is C18H18NO4-. The van der Waals surface area contributed by atoms with E-state index in [1.54, 1.807) is 36.4 Å². The van der Waals surface area contributed by atoms with Gasteiger partial charge >= 0.3 is 0 Å². The molecule has 0 heterocycles. The highest BCUT2D eigenvalue weighted by Gasteiger charge is 2.15. The predicted octanol–water partition coefficient (Wildman–Crippen LogP) is 1.18. The van der Waals surface area contributed by atoms with Gasteiger partial charge in [0.1, 0.15) is 5.75 Å². The lowest BCUT2D eigenvalue weighted by Gasteiger charge is -2.20. The smallest absolute Gasteiger partial charge is 0.251 e. The van der Waals surface area contributed by atoms with Crippen LogP contribution >= 0.6 is 0 Å². The van der Waals surface area contributed by atoms with Crippen LogP contribution in [0.4, 0.5) is 0 Å². The summed E-state index contributed by atoms with van der Waals surface area (Å²) in [5.41, 5.74) is 1.18. The number of carbonyl (C=O) groups is 2. The number of rotatable bonds is 7. The van der Waals surface area contributed by atoms with Crippen molar-refractivity contribution in [1.29, 1.82) is 0 Å². The van der Waals surface area contributed by atoms with E-state index in [1.807, 2.05) is 25.1 Å². The highest BCUT2D eigenvalue weighted by Crippen LogP contribution is 2.12. The number of carboxylic acids is 1. The molecule has 120 valence electrons. The number of hydrogen-bond donors (Lipinski definition) is 1. The molecule has 0 saturated carbocycles. The number of amides is 1. The zero-order valence-corrected chi connectivity index (χ0v) is 12.8. The van der Waals surface area contributed by atoms with Crippen LogP contribution in [0.5, 0.6) is 5.75 Å². The number of benzene rings is 2. The second-order valence-electron chi connectivity index (χ2n) is 4.99. The number of carboxylic acid groups (broad SMARTS) is 1. The molecule has 0 aromatic heterocycles. The molecule has 0 fully saturated rings. The highest BCUT2D eigenvalue weighted by atomic mass is 16.5. The van der Waals surface area contributed by atoms with Crippen molar-refractivity contribution in [3.05, 3.63) is 65.7 Å². The van der Waals surface area contributed by atoms with Gasteiger partial charge in [-0.25, -0.2) is 0 Å². The molecule has 5 nitrogen and oxygen atoms in total. The Labute approximate surface area is 134 Å². The number of ether oxygens (including phenoxy) is 1. The van der Waals surface area contributed by atoms with E-state index in [4.69, 9.17) is 4.74 Å². The first kappa shape index (κ1) is 16.5. The minimum atomic E-state index is -1.31. The van der Waals surface area contributed by atoms with Crippen LogP contribution in [0.3, 0.4) is 0 Å². The van der Waals surface area contributed by atoms with Gasteiger partial charge in [-0.2, -0.15) is 0 Å². The second-order valence-corrected chi connectivity index (χ2v) is 4.99. The summed E-state index contributed by atoms with van der Waals surface area (Å²) in [7, 11) is 0. The summed E-state index contributed by atoms with van der Waals surface area (Å²) in [6.07, 6.45) is 0.173. The van der Waals surface area contributed by atoms with E-state index in [2.05, 4.69) is 5.32 Å². The summed E-state index contributed by atoms with van der Waals surface area (Å²) in [6, 6.07) is 14.5. The summed E-state index contributed by atoms with van der Waals surface area (Å²) in [5.74, 6) is -1.11. The zero-order valence-electron chi connectivity index (χ0n) is 12.8. The third kappa shape index (κ3) is 4.85. The van der Waals surface area contributed by atoms with Crippen molar-refractivity contribution >= 4 is 11.9 Å². The molecule has 0 spiro atoms. The van der Waals surface area contributed by atoms with Crippen LogP contribution in [0.25, 0.3) is 0 Å². The van der Waals surface area contributed by atoms with Gasteiger partial charge < -0.3 is 20.0 Å². The lowest BCUT2D eigenvalue weighted by atomic mass is 10.1. The van der Waals surface area contributed by atoms with Gasteiger partial charge in [-0.1, -0.05) is 30.3 Å². The largest absolute Gasteiger partial charge is 0.548 e. The molecule has 0 bridgehead atoms. The van der Waals surface area contributed by atoms with Crippen molar-refractivity contribution in [2.24, 2.45) is 0 Å². The van der Waals surface area contributed by atoms with Gasteiger partial charge in [-0.3, -0.25) is 4.79 Å². The summed E-state index contributed by atoms with van der Waals surface area (Å²) in [4.78, 5) is 23.4. The molecule has 0 aliphatic heterocycles. The highest BCUT2D eigenvalue weighted by molar-refractivity contribution is 5.96. The van der Waals surface area contributed by atoms with Gasteiger partial charge in [0.05, 0.1) is 18.6 Å². The number of nitrogens with one attached hydrogen (secondary N) is 1. The van der Waals surface area contributed by atoms with Crippen LogP contribution in [-0.2, 0) is 11.2 Å². The molecule has 0 unspecified atom stereocenters. The lowest BCUT2D eigenvalue weighted by Crippen LogP contribution is -2.49. The van der Waals surface area contributed by atoms with E-state index < -0.39 is 17.9 Å². The van der Waals surface area contributed by atoms with Gasteiger partial charge in [-0.15, -0.1) is 0 Å². The zero-order chi connectivity index (χ0) is 16.7. The lowest BCUT2D eigenvalue weighted by molar-refractivity contribution is -0.308. The molecule has 0 aliphatic rings. The average Bonchev–Trinajstić information content (AvgIpc) is 2.56. The minimum absolute atomic E-state index is 0.173. The molecule has 1 N–H and O–H groups in total. The van der Waals surface area contributed by atoms with Gasteiger partial charge in [0.2, 0.25) is 0 Å². The summed E-state index contributed by atoms with van der Waals surface area (Å²) in [6.45, 7) is 2.41. The van der Waals surface area contributed by atoms with Crippen molar-refractivity contribution in [3.63, 3.8) is 0 Å². The van der Waals surface area contributed by atoms with Crippen LogP contribution < -0.4 is 15.2 Å². The van der Waals surface area contributed by atoms with E-state index in [0.29, 0.717) is 17.9 Å². The molecule has 2 aromatic rings. The molecule has 0 aliphatic carbocycles. The average molecular weight is 312 g/mol. The van der Waals surface area contributed by atoms with Crippen LogP contribution in [0.15, 0.2) is 54.6 Å². The Balaban J connectivity index is 2.04. The Kier molecular flexibility index (Phi) is 5.74. The SMILES string of the molecule is CCOc1ccc(C(=O)N[C@@H](Cc2ccccc2)C(=O)[O-])cc1. The first-order valence-corrected chi connectivity index (χ1v) is 7.38. The van der Waals surface area contributed by atoms with Crippen LogP contribution in [0.1, 0.15) is 22.8 Å². The summed E-state index contributed by atoms with van der Waals surface area (Å²) < 4.78 is 5.30. The summed E-state index contributed by atoms with van der Waals surface area (Å²) >= 11 is 0. The standard InChI is InChI=1S/C18H19NO4/c1-2-23-15-10-8-14(9-11-15)17(20)19-16(18(21)22)12-13-6-4-3-5-7-13/h3-11,16H,2,12H2,1H3,(H,19,20)(H,21,22)/p-1/t16-/m0/s1. The van der Waals surface area contributed by atoms with E-state index in [9.17, 15) is 14.7 Å². The van der Waals surface area contributed by atoms with Crippen molar-refractivity contribution in [2.45, 2.75) is 19.4 Å². The first-order valence-electron chi connectivity index (χ1n) is 7.38. The fourth-order valence-corrected chi connectivity index (χ4v) is 2.15. The minimum Gasteiger partial charge on any atom is -0.548 e. The number of hydrogen-bond acceptors (Lipinski definition) is 4. The fourth-order valence-electron chi connectivity index (χ4n) is 2.15. The maximum atomic E-state index is 12.2. The van der Waals surface area contributed by atoms with E-state index in [-0.39, 0.29) is 6.42 Å². The number of aliphatic carboxylic acids is 1. The Morgan fingerprint density at radius 3 is 2.30 bits per heavy atom. The molecule has 2 rings (SSSR count). The Morgan fingerprint density at radius 1 is 1.09 bits per heavy atom. The predicted molar refractivity (Wildman–Crippen MR) is 84.0 cm³/mol. The molecule has 23 heavy (non-hydrogen) atoms. The normalized spacial score (nSPS) is 11.5. The molecule has 2 aromatic carbocycles. The number of carbonyl (C=O) groups excluding carboxylic acids is 2. The van der Waals surface area contributed by atoms with Gasteiger partial charge in [-0.05, 0) is 43.2 Å². The van der Waals surface area contributed by atoms with Crippen molar-refractivity contribution in [2.75, 3.05) is 6.61 Å². The quantitative estimate of drug-likeness (QED) is 0.832. The third-order valence-corrected chi connectivity index (χ3v) is 3.30. The fraction of sp³-hybridized carbons (Fsp3) is 0.222. The van der Waals surface area contributed by atoms with E-state index in [1.165, 1.54) is 0 Å². The first-order chi connectivity index (χ1) is 11.1. The van der Waals surface area contributed by atoms with Crippen LogP contribution in [-0.4, -0.2) is 24.5 Å². The molecule has 1 atom stereocenters. The third-order valence-electron chi connectivity index (χ3n) is 3.30. The van der Waals surface area contributed by atoms with Crippen molar-refractivity contribution in [1.82, 2.24) is 5.32 Å². The maximum absolute atomic E-state index is 12.2. The van der Waals surface area contributed by atoms with Gasteiger partial charge in [0.15, 0.2) is 0 Å². The Bertz CT molecular complexity index is 652.